The lowest BCUT2D eigenvalue weighted by molar-refractivity contribution is 0.185. The van der Waals surface area contributed by atoms with E-state index in [1.165, 1.54) is 16.7 Å². The van der Waals surface area contributed by atoms with E-state index in [0.29, 0.717) is 12.5 Å². The molecule has 0 radical (unpaired) electrons. The Morgan fingerprint density at radius 1 is 1.33 bits per heavy atom. The fourth-order valence-electron chi connectivity index (χ4n) is 3.06. The summed E-state index contributed by atoms with van der Waals surface area (Å²) in [5.41, 5.74) is 4.75. The minimum atomic E-state index is 0. The third-order valence-corrected chi connectivity index (χ3v) is 4.22. The molecule has 0 aliphatic heterocycles. The van der Waals surface area contributed by atoms with Gasteiger partial charge in [-0.25, -0.2) is 0 Å². The maximum absolute atomic E-state index is 5.21. The topological polar surface area (TPSA) is 54.7 Å². The Morgan fingerprint density at radius 3 is 2.67 bits per heavy atom. The lowest BCUT2D eigenvalue weighted by Gasteiger charge is -2.22. The van der Waals surface area contributed by atoms with E-state index in [0.717, 1.165) is 24.7 Å². The molecule has 0 spiro atoms. The molecule has 0 aliphatic carbocycles. The van der Waals surface area contributed by atoms with Crippen LogP contribution in [0.2, 0.25) is 0 Å². The van der Waals surface area contributed by atoms with Crippen LogP contribution in [0.15, 0.2) is 35.5 Å². The van der Waals surface area contributed by atoms with Crippen molar-refractivity contribution in [1.82, 2.24) is 20.0 Å². The first-order valence-corrected chi connectivity index (χ1v) is 8.95. The Morgan fingerprint density at radius 2 is 2.04 bits per heavy atom. The van der Waals surface area contributed by atoms with E-state index in [2.05, 4.69) is 64.6 Å². The van der Waals surface area contributed by atoms with Crippen molar-refractivity contribution in [2.45, 2.75) is 39.5 Å². The van der Waals surface area contributed by atoms with Crippen molar-refractivity contribution in [3.8, 4) is 0 Å². The molecule has 0 saturated heterocycles. The van der Waals surface area contributed by atoms with E-state index < -0.39 is 0 Å². The summed E-state index contributed by atoms with van der Waals surface area (Å²) < 4.78 is 7.09. The number of nitrogens with zero attached hydrogens (tertiary/aromatic N) is 4. The van der Waals surface area contributed by atoms with Crippen molar-refractivity contribution in [3.63, 3.8) is 0 Å². The normalized spacial score (nSPS) is 11.4. The average molecular weight is 485 g/mol. The summed E-state index contributed by atoms with van der Waals surface area (Å²) in [6.45, 7) is 6.46. The van der Waals surface area contributed by atoms with Crippen LogP contribution in [0, 0.1) is 0 Å². The van der Waals surface area contributed by atoms with Crippen LogP contribution in [0.25, 0.3) is 0 Å². The summed E-state index contributed by atoms with van der Waals surface area (Å²) in [4.78, 5) is 6.55. The molecule has 0 fully saturated rings. The second-order valence-corrected chi connectivity index (χ2v) is 6.88. The van der Waals surface area contributed by atoms with Crippen LogP contribution in [0.1, 0.15) is 42.1 Å². The van der Waals surface area contributed by atoms with Gasteiger partial charge >= 0.3 is 0 Å². The standard InChI is InChI=1S/C20H31N5O.HI/c1-15(2)19-18(13-25(5)23-19)12-24(4)20(21-3)22-11-16-8-7-9-17(10-16)14-26-6;/h7-10,13,15H,11-12,14H2,1-6H3,(H,21,22);1H. The highest BCUT2D eigenvalue weighted by Gasteiger charge is 2.15. The number of halogens is 1. The SMILES string of the molecule is CN=C(NCc1cccc(COC)c1)N(C)Cc1cn(C)nc1C(C)C.I. The van der Waals surface area contributed by atoms with Gasteiger partial charge in [-0.2, -0.15) is 5.10 Å². The number of hydrogen-bond donors (Lipinski definition) is 1. The minimum absolute atomic E-state index is 0. The molecule has 2 aromatic rings. The number of guanidine groups is 1. The van der Waals surface area contributed by atoms with E-state index in [-0.39, 0.29) is 24.0 Å². The molecule has 1 aromatic carbocycles. The second kappa shape index (κ2) is 11.3. The maximum Gasteiger partial charge on any atom is 0.193 e. The number of methoxy groups -OCH3 is 1. The quantitative estimate of drug-likeness (QED) is 0.371. The molecule has 1 aromatic heterocycles. The number of ether oxygens (including phenoxy) is 1. The van der Waals surface area contributed by atoms with Gasteiger partial charge in [0, 0.05) is 53.1 Å². The van der Waals surface area contributed by atoms with Gasteiger partial charge in [-0.15, -0.1) is 24.0 Å². The van der Waals surface area contributed by atoms with Gasteiger partial charge in [-0.3, -0.25) is 9.67 Å². The van der Waals surface area contributed by atoms with Gasteiger partial charge in [0.1, 0.15) is 0 Å². The van der Waals surface area contributed by atoms with Crippen molar-refractivity contribution < 1.29 is 4.74 Å². The summed E-state index contributed by atoms with van der Waals surface area (Å²) >= 11 is 0. The Kier molecular flexibility index (Phi) is 9.79. The lowest BCUT2D eigenvalue weighted by atomic mass is 10.1. The highest BCUT2D eigenvalue weighted by molar-refractivity contribution is 14.0. The number of hydrogen-bond acceptors (Lipinski definition) is 3. The maximum atomic E-state index is 5.21. The fraction of sp³-hybridized carbons (Fsp3) is 0.500. The van der Waals surface area contributed by atoms with Crippen LogP contribution >= 0.6 is 24.0 Å². The molecule has 1 N–H and O–H groups in total. The van der Waals surface area contributed by atoms with Crippen LogP contribution in [0.3, 0.4) is 0 Å². The molecular formula is C20H32IN5O. The average Bonchev–Trinajstić information content (AvgIpc) is 2.96. The predicted molar refractivity (Wildman–Crippen MR) is 122 cm³/mol. The van der Waals surface area contributed by atoms with Gasteiger partial charge in [0.2, 0.25) is 0 Å². The van der Waals surface area contributed by atoms with E-state index in [4.69, 9.17) is 4.74 Å². The third-order valence-electron chi connectivity index (χ3n) is 4.22. The Balaban J connectivity index is 0.00000364. The molecule has 2 rings (SSSR count). The number of benzene rings is 1. The molecule has 0 atom stereocenters. The van der Waals surface area contributed by atoms with E-state index in [1.54, 1.807) is 7.11 Å². The molecule has 0 bridgehead atoms. The van der Waals surface area contributed by atoms with Crippen LogP contribution < -0.4 is 5.32 Å². The number of aliphatic imine (C=N–C) groups is 1. The smallest absolute Gasteiger partial charge is 0.193 e. The van der Waals surface area contributed by atoms with Crippen LogP contribution in [-0.2, 0) is 31.5 Å². The largest absolute Gasteiger partial charge is 0.380 e. The van der Waals surface area contributed by atoms with Gasteiger partial charge in [-0.05, 0) is 17.0 Å². The molecular weight excluding hydrogens is 453 g/mol. The summed E-state index contributed by atoms with van der Waals surface area (Å²) in [6.07, 6.45) is 2.09. The molecule has 150 valence electrons. The second-order valence-electron chi connectivity index (χ2n) is 6.88. The first kappa shape index (κ1) is 23.4. The van der Waals surface area contributed by atoms with Crippen molar-refractivity contribution in [2.75, 3.05) is 21.2 Å². The first-order chi connectivity index (χ1) is 12.4. The zero-order valence-electron chi connectivity index (χ0n) is 17.2. The summed E-state index contributed by atoms with van der Waals surface area (Å²) in [6, 6.07) is 8.39. The van der Waals surface area contributed by atoms with Crippen molar-refractivity contribution in [2.24, 2.45) is 12.0 Å². The molecule has 0 unspecified atom stereocenters. The molecule has 0 saturated carbocycles. The van der Waals surface area contributed by atoms with Crippen LogP contribution in [0.4, 0.5) is 0 Å². The molecule has 1 heterocycles. The molecule has 0 aliphatic rings. The van der Waals surface area contributed by atoms with Gasteiger partial charge in [0.05, 0.1) is 12.3 Å². The monoisotopic (exact) mass is 485 g/mol. The number of aromatic nitrogens is 2. The lowest BCUT2D eigenvalue weighted by Crippen LogP contribution is -2.38. The minimum Gasteiger partial charge on any atom is -0.380 e. The summed E-state index contributed by atoms with van der Waals surface area (Å²) in [5, 5.41) is 8.03. The highest BCUT2D eigenvalue weighted by Crippen LogP contribution is 2.18. The van der Waals surface area contributed by atoms with E-state index in [9.17, 15) is 0 Å². The van der Waals surface area contributed by atoms with Crippen LogP contribution in [-0.4, -0.2) is 41.8 Å². The van der Waals surface area contributed by atoms with Crippen LogP contribution in [0.5, 0.6) is 0 Å². The van der Waals surface area contributed by atoms with Gasteiger partial charge in [-0.1, -0.05) is 38.1 Å². The van der Waals surface area contributed by atoms with E-state index >= 15 is 0 Å². The number of rotatable bonds is 7. The first-order valence-electron chi connectivity index (χ1n) is 8.95. The van der Waals surface area contributed by atoms with Gasteiger partial charge < -0.3 is 15.0 Å². The molecule has 6 nitrogen and oxygen atoms in total. The fourth-order valence-corrected chi connectivity index (χ4v) is 3.06. The zero-order chi connectivity index (χ0) is 19.1. The van der Waals surface area contributed by atoms with Gasteiger partial charge in [0.25, 0.3) is 0 Å². The third kappa shape index (κ3) is 6.80. The Hall–Kier alpha value is -1.61. The Labute approximate surface area is 180 Å². The van der Waals surface area contributed by atoms with Crippen molar-refractivity contribution in [3.05, 3.63) is 52.8 Å². The molecule has 27 heavy (non-hydrogen) atoms. The highest BCUT2D eigenvalue weighted by atomic mass is 127. The predicted octanol–water partition coefficient (Wildman–Crippen LogP) is 3.52. The van der Waals surface area contributed by atoms with Gasteiger partial charge in [0.15, 0.2) is 5.96 Å². The number of nitrogens with one attached hydrogen (secondary N) is 1. The molecule has 7 heteroatoms. The zero-order valence-corrected chi connectivity index (χ0v) is 19.5. The van der Waals surface area contributed by atoms with E-state index in [1.807, 2.05) is 25.8 Å². The molecule has 0 amide bonds. The summed E-state index contributed by atoms with van der Waals surface area (Å²) in [7, 11) is 7.54. The summed E-state index contributed by atoms with van der Waals surface area (Å²) in [5.74, 6) is 1.26. The van der Waals surface area contributed by atoms with Crippen molar-refractivity contribution >= 4 is 29.9 Å². The van der Waals surface area contributed by atoms with Crippen molar-refractivity contribution in [1.29, 1.82) is 0 Å². The number of aryl methyl sites for hydroxylation is 1. The Bertz CT molecular complexity index is 742.